The third-order valence-electron chi connectivity index (χ3n) is 1.09. The van der Waals surface area contributed by atoms with Crippen molar-refractivity contribution in [2.75, 3.05) is 7.05 Å². The molecule has 1 heterocycles. The van der Waals surface area contributed by atoms with Crippen LogP contribution in [0.2, 0.25) is 0 Å². The lowest BCUT2D eigenvalue weighted by Gasteiger charge is -2.02. The summed E-state index contributed by atoms with van der Waals surface area (Å²) in [5, 5.41) is 4.97. The second-order valence-corrected chi connectivity index (χ2v) is 4.11. The van der Waals surface area contributed by atoms with Gasteiger partial charge >= 0.3 is 0 Å². The Hall–Kier alpha value is 0.430. The van der Waals surface area contributed by atoms with Crippen LogP contribution < -0.4 is 5.32 Å². The fraction of sp³-hybridized carbons (Fsp3) is 0.333. The van der Waals surface area contributed by atoms with E-state index in [2.05, 4.69) is 21.2 Å². The van der Waals surface area contributed by atoms with Crippen LogP contribution in [0.5, 0.6) is 0 Å². The van der Waals surface area contributed by atoms with Gasteiger partial charge in [0, 0.05) is 14.7 Å². The minimum Gasteiger partial charge on any atom is -0.300 e. The topological polar surface area (TPSA) is 12.0 Å². The van der Waals surface area contributed by atoms with Crippen molar-refractivity contribution in [3.63, 3.8) is 0 Å². The zero-order valence-corrected chi connectivity index (χ0v) is 8.55. The maximum Gasteiger partial charge on any atom is 0.117 e. The summed E-state index contributed by atoms with van der Waals surface area (Å²) >= 11 is 10.9. The molecule has 0 fully saturated rings. The number of halogens is 2. The molecule has 1 nitrogen and oxygen atoms in total. The summed E-state index contributed by atoms with van der Waals surface area (Å²) in [6, 6.07) is 2.01. The van der Waals surface area contributed by atoms with Crippen molar-refractivity contribution in [3.05, 3.63) is 20.8 Å². The van der Waals surface area contributed by atoms with Crippen molar-refractivity contribution in [1.29, 1.82) is 0 Å². The Kier molecular flexibility index (Phi) is 3.17. The summed E-state index contributed by atoms with van der Waals surface area (Å²) < 4.78 is 1.09. The molecule has 1 aromatic heterocycles. The minimum atomic E-state index is -0.0590. The van der Waals surface area contributed by atoms with Crippen molar-refractivity contribution < 1.29 is 0 Å². The van der Waals surface area contributed by atoms with Crippen molar-refractivity contribution in [2.24, 2.45) is 0 Å². The van der Waals surface area contributed by atoms with E-state index in [1.54, 1.807) is 11.3 Å². The smallest absolute Gasteiger partial charge is 0.117 e. The molecule has 0 aliphatic carbocycles. The number of thiophene rings is 1. The molecular formula is C6H7BrClNS. The first-order chi connectivity index (χ1) is 4.74. The van der Waals surface area contributed by atoms with Crippen molar-refractivity contribution in [1.82, 2.24) is 5.32 Å². The van der Waals surface area contributed by atoms with Crippen LogP contribution in [0.4, 0.5) is 0 Å². The molecule has 0 saturated carbocycles. The number of hydrogen-bond donors (Lipinski definition) is 1. The van der Waals surface area contributed by atoms with E-state index in [9.17, 15) is 0 Å². The lowest BCUT2D eigenvalue weighted by molar-refractivity contribution is 0.797. The van der Waals surface area contributed by atoms with E-state index in [1.807, 2.05) is 18.5 Å². The Morgan fingerprint density at radius 2 is 2.50 bits per heavy atom. The number of hydrogen-bond acceptors (Lipinski definition) is 2. The van der Waals surface area contributed by atoms with Crippen LogP contribution in [-0.2, 0) is 0 Å². The molecule has 0 aliphatic rings. The highest BCUT2D eigenvalue weighted by Gasteiger charge is 2.05. The van der Waals surface area contributed by atoms with Crippen molar-refractivity contribution in [3.8, 4) is 0 Å². The average Bonchev–Trinajstić information content (AvgIpc) is 2.34. The van der Waals surface area contributed by atoms with Crippen LogP contribution >= 0.6 is 38.9 Å². The van der Waals surface area contributed by atoms with E-state index >= 15 is 0 Å². The molecule has 0 aliphatic heterocycles. The fourth-order valence-corrected chi connectivity index (χ4v) is 2.25. The summed E-state index contributed by atoms with van der Waals surface area (Å²) in [4.78, 5) is 1.14. The normalized spacial score (nSPS) is 13.5. The second kappa shape index (κ2) is 3.72. The summed E-state index contributed by atoms with van der Waals surface area (Å²) in [5.74, 6) is 0. The van der Waals surface area contributed by atoms with Gasteiger partial charge in [-0.1, -0.05) is 11.6 Å². The van der Waals surface area contributed by atoms with Gasteiger partial charge in [-0.3, -0.25) is 0 Å². The third-order valence-corrected chi connectivity index (χ3v) is 3.43. The maximum absolute atomic E-state index is 5.88. The van der Waals surface area contributed by atoms with Gasteiger partial charge in [0.1, 0.15) is 5.50 Å². The molecule has 0 spiro atoms. The Morgan fingerprint density at radius 3 is 2.90 bits per heavy atom. The average molecular weight is 241 g/mol. The highest BCUT2D eigenvalue weighted by atomic mass is 79.9. The predicted molar refractivity (Wildman–Crippen MR) is 49.7 cm³/mol. The lowest BCUT2D eigenvalue weighted by atomic mass is 10.5. The summed E-state index contributed by atoms with van der Waals surface area (Å²) in [5.41, 5.74) is -0.0590. The van der Waals surface area contributed by atoms with Gasteiger partial charge in [-0.25, -0.2) is 0 Å². The number of nitrogens with one attached hydrogen (secondary N) is 1. The Balaban J connectivity index is 2.74. The standard InChI is InChI=1S/C6H7BrClNS/c1-9-6(8)5-2-4(7)3-10-5/h2-3,6,9H,1H3. The van der Waals surface area contributed by atoms with Gasteiger partial charge in [0.15, 0.2) is 0 Å². The van der Waals surface area contributed by atoms with Gasteiger partial charge in [0.05, 0.1) is 0 Å². The zero-order chi connectivity index (χ0) is 7.56. The van der Waals surface area contributed by atoms with E-state index in [-0.39, 0.29) is 5.50 Å². The quantitative estimate of drug-likeness (QED) is 0.619. The molecule has 0 bridgehead atoms. The van der Waals surface area contributed by atoms with Gasteiger partial charge in [-0.05, 0) is 29.0 Å². The molecule has 1 aromatic rings. The van der Waals surface area contributed by atoms with E-state index in [1.165, 1.54) is 0 Å². The van der Waals surface area contributed by atoms with Crippen molar-refractivity contribution in [2.45, 2.75) is 5.50 Å². The second-order valence-electron chi connectivity index (χ2n) is 1.82. The molecule has 1 unspecified atom stereocenters. The molecule has 1 rings (SSSR count). The van der Waals surface area contributed by atoms with Crippen LogP contribution in [0.25, 0.3) is 0 Å². The molecule has 56 valence electrons. The third kappa shape index (κ3) is 1.95. The van der Waals surface area contributed by atoms with E-state index in [0.29, 0.717) is 0 Å². The highest BCUT2D eigenvalue weighted by molar-refractivity contribution is 9.10. The van der Waals surface area contributed by atoms with Crippen LogP contribution in [0.15, 0.2) is 15.9 Å². The number of alkyl halides is 1. The Bertz CT molecular complexity index is 213. The van der Waals surface area contributed by atoms with E-state index in [4.69, 9.17) is 11.6 Å². The molecule has 0 amide bonds. The van der Waals surface area contributed by atoms with Gasteiger partial charge in [-0.15, -0.1) is 11.3 Å². The van der Waals surface area contributed by atoms with Gasteiger partial charge < -0.3 is 5.32 Å². The van der Waals surface area contributed by atoms with Crippen molar-refractivity contribution >= 4 is 38.9 Å². The molecule has 0 radical (unpaired) electrons. The molecule has 4 heteroatoms. The van der Waals surface area contributed by atoms with Gasteiger partial charge in [0.25, 0.3) is 0 Å². The van der Waals surface area contributed by atoms with Gasteiger partial charge in [0.2, 0.25) is 0 Å². The molecular weight excluding hydrogens is 233 g/mol. The minimum absolute atomic E-state index is 0.0590. The molecule has 0 aromatic carbocycles. The SMILES string of the molecule is CNC(Cl)c1cc(Br)cs1. The lowest BCUT2D eigenvalue weighted by Crippen LogP contribution is -2.07. The molecule has 0 saturated heterocycles. The largest absolute Gasteiger partial charge is 0.300 e. The summed E-state index contributed by atoms with van der Waals surface area (Å²) in [7, 11) is 1.84. The first-order valence-electron chi connectivity index (χ1n) is 2.79. The van der Waals surface area contributed by atoms with Gasteiger partial charge in [-0.2, -0.15) is 0 Å². The predicted octanol–water partition coefficient (Wildman–Crippen LogP) is 2.97. The fourth-order valence-electron chi connectivity index (χ4n) is 0.603. The Morgan fingerprint density at radius 1 is 1.80 bits per heavy atom. The monoisotopic (exact) mass is 239 g/mol. The highest BCUT2D eigenvalue weighted by Crippen LogP contribution is 2.27. The van der Waals surface area contributed by atoms with E-state index in [0.717, 1.165) is 9.35 Å². The number of rotatable bonds is 2. The first kappa shape index (κ1) is 8.53. The maximum atomic E-state index is 5.88. The van der Waals surface area contributed by atoms with Crippen LogP contribution in [0.1, 0.15) is 10.4 Å². The molecule has 1 atom stereocenters. The Labute approximate surface area is 77.5 Å². The summed E-state index contributed by atoms with van der Waals surface area (Å²) in [6.45, 7) is 0. The first-order valence-corrected chi connectivity index (χ1v) is 4.90. The van der Waals surface area contributed by atoms with Crippen LogP contribution in [0, 0.1) is 0 Å². The molecule has 10 heavy (non-hydrogen) atoms. The van der Waals surface area contributed by atoms with Crippen LogP contribution in [-0.4, -0.2) is 7.05 Å². The zero-order valence-electron chi connectivity index (χ0n) is 5.40. The summed E-state index contributed by atoms with van der Waals surface area (Å²) in [6.07, 6.45) is 0. The van der Waals surface area contributed by atoms with E-state index < -0.39 is 0 Å². The molecule has 1 N–H and O–H groups in total. The van der Waals surface area contributed by atoms with Crippen LogP contribution in [0.3, 0.4) is 0 Å².